The lowest BCUT2D eigenvalue weighted by atomic mass is 10.4. The van der Waals surface area contributed by atoms with Gasteiger partial charge in [0.15, 0.2) is 0 Å². The molecular weight excluding hydrogens is 166 g/mol. The predicted octanol–water partition coefficient (Wildman–Crippen LogP) is 0.0119. The molecule has 2 N–H and O–H groups in total. The summed E-state index contributed by atoms with van der Waals surface area (Å²) < 4.78 is 0. The van der Waals surface area contributed by atoms with E-state index in [1.165, 1.54) is 0 Å². The lowest BCUT2D eigenvalue weighted by Crippen LogP contribution is -2.08. The Morgan fingerprint density at radius 1 is 1.69 bits per heavy atom. The molecule has 1 aromatic rings. The molecule has 4 heteroatoms. The smallest absolute Gasteiger partial charge is 0.229 e. The molecule has 1 amide bonds. The summed E-state index contributed by atoms with van der Waals surface area (Å²) >= 11 is 0. The Morgan fingerprint density at radius 2 is 2.46 bits per heavy atom. The van der Waals surface area contributed by atoms with Gasteiger partial charge >= 0.3 is 0 Å². The highest BCUT2D eigenvalue weighted by Crippen LogP contribution is 1.90. The highest BCUT2D eigenvalue weighted by atomic mass is 16.1. The van der Waals surface area contributed by atoms with E-state index in [1.54, 1.807) is 12.3 Å². The molecule has 1 rings (SSSR count). The van der Waals surface area contributed by atoms with Crippen molar-refractivity contribution in [2.45, 2.75) is 13.3 Å². The predicted molar refractivity (Wildman–Crippen MR) is 47.5 cm³/mol. The van der Waals surface area contributed by atoms with E-state index in [4.69, 9.17) is 5.73 Å². The van der Waals surface area contributed by atoms with Gasteiger partial charge in [-0.05, 0) is 18.9 Å². The number of nitrogens with two attached hydrogens (primary N) is 1. The minimum atomic E-state index is -0.444. The maximum atomic E-state index is 10.3. The molecule has 0 aromatic carbocycles. The third-order valence-electron chi connectivity index (χ3n) is 1.26. The average Bonchev–Trinajstić information content (AvgIpc) is 2.03. The van der Waals surface area contributed by atoms with Gasteiger partial charge in [-0.25, -0.2) is 9.97 Å². The summed E-state index contributed by atoms with van der Waals surface area (Å²) in [6.07, 6.45) is 1.66. The summed E-state index contributed by atoms with van der Waals surface area (Å²) in [6, 6.07) is 1.78. The number of carbonyl (C=O) groups excluding carboxylic acids is 1. The molecule has 0 aliphatic heterocycles. The Balaban J connectivity index is 2.72. The normalized spacial score (nSPS) is 8.69. The maximum Gasteiger partial charge on any atom is 0.229 e. The van der Waals surface area contributed by atoms with Crippen molar-refractivity contribution in [3.8, 4) is 11.8 Å². The van der Waals surface area contributed by atoms with Gasteiger partial charge in [0.2, 0.25) is 11.7 Å². The van der Waals surface area contributed by atoms with Crippen molar-refractivity contribution in [1.82, 2.24) is 9.97 Å². The van der Waals surface area contributed by atoms with Crippen molar-refractivity contribution in [2.75, 3.05) is 0 Å². The van der Waals surface area contributed by atoms with Crippen LogP contribution in [0.1, 0.15) is 17.9 Å². The Kier molecular flexibility index (Phi) is 2.98. The molecule has 0 atom stereocenters. The van der Waals surface area contributed by atoms with Gasteiger partial charge in [-0.15, -0.1) is 0 Å². The number of amides is 1. The second kappa shape index (κ2) is 4.21. The third kappa shape index (κ3) is 3.34. The van der Waals surface area contributed by atoms with Gasteiger partial charge in [-0.1, -0.05) is 5.92 Å². The number of hydrogen-bond acceptors (Lipinski definition) is 3. The minimum Gasteiger partial charge on any atom is -0.369 e. The number of rotatable bonds is 1. The van der Waals surface area contributed by atoms with E-state index in [9.17, 15) is 4.79 Å². The highest BCUT2D eigenvalue weighted by Gasteiger charge is 1.90. The highest BCUT2D eigenvalue weighted by molar-refractivity contribution is 5.76. The molecule has 0 spiro atoms. The fourth-order valence-electron chi connectivity index (χ4n) is 0.720. The van der Waals surface area contributed by atoms with Gasteiger partial charge in [-0.2, -0.15) is 0 Å². The number of primary amides is 1. The van der Waals surface area contributed by atoms with Crippen LogP contribution in [0.15, 0.2) is 12.3 Å². The molecule has 13 heavy (non-hydrogen) atoms. The van der Waals surface area contributed by atoms with Crippen LogP contribution in [-0.4, -0.2) is 15.9 Å². The Labute approximate surface area is 76.2 Å². The van der Waals surface area contributed by atoms with Crippen LogP contribution < -0.4 is 5.73 Å². The first-order valence-corrected chi connectivity index (χ1v) is 3.75. The van der Waals surface area contributed by atoms with E-state index in [-0.39, 0.29) is 6.42 Å². The minimum absolute atomic E-state index is 0.0390. The molecule has 0 fully saturated rings. The van der Waals surface area contributed by atoms with E-state index in [0.717, 1.165) is 5.69 Å². The largest absolute Gasteiger partial charge is 0.369 e. The second-order valence-electron chi connectivity index (χ2n) is 2.47. The average molecular weight is 175 g/mol. The van der Waals surface area contributed by atoms with Crippen molar-refractivity contribution >= 4 is 5.91 Å². The number of aryl methyl sites for hydroxylation is 1. The van der Waals surface area contributed by atoms with Crippen LogP contribution >= 0.6 is 0 Å². The van der Waals surface area contributed by atoms with E-state index in [2.05, 4.69) is 21.8 Å². The molecule has 0 radical (unpaired) electrons. The second-order valence-corrected chi connectivity index (χ2v) is 2.47. The summed E-state index contributed by atoms with van der Waals surface area (Å²) in [5.41, 5.74) is 5.75. The summed E-state index contributed by atoms with van der Waals surface area (Å²) in [6.45, 7) is 1.85. The maximum absolute atomic E-state index is 10.3. The van der Waals surface area contributed by atoms with E-state index in [0.29, 0.717) is 5.82 Å². The quantitative estimate of drug-likeness (QED) is 0.611. The first kappa shape index (κ1) is 9.20. The SMILES string of the molecule is Cc1ccnc(C#CCC(N)=O)n1. The number of carbonyl (C=O) groups is 1. The molecule has 0 bridgehead atoms. The van der Waals surface area contributed by atoms with Crippen molar-refractivity contribution in [3.05, 3.63) is 23.8 Å². The van der Waals surface area contributed by atoms with Gasteiger partial charge in [0.25, 0.3) is 0 Å². The summed E-state index contributed by atoms with van der Waals surface area (Å²) in [5, 5.41) is 0. The molecule has 1 aromatic heterocycles. The van der Waals surface area contributed by atoms with Crippen molar-refractivity contribution in [3.63, 3.8) is 0 Å². The summed E-state index contributed by atoms with van der Waals surface area (Å²) in [4.78, 5) is 18.3. The van der Waals surface area contributed by atoms with Crippen molar-refractivity contribution in [1.29, 1.82) is 0 Å². The first-order chi connectivity index (χ1) is 6.18. The Bertz CT molecular complexity index is 376. The van der Waals surface area contributed by atoms with Crippen LogP contribution in [0.25, 0.3) is 0 Å². The topological polar surface area (TPSA) is 68.9 Å². The molecule has 4 nitrogen and oxygen atoms in total. The van der Waals surface area contributed by atoms with Gasteiger partial charge < -0.3 is 5.73 Å². The monoisotopic (exact) mass is 175 g/mol. The molecule has 1 heterocycles. The molecule has 0 aliphatic carbocycles. The summed E-state index contributed by atoms with van der Waals surface area (Å²) in [7, 11) is 0. The number of aromatic nitrogens is 2. The van der Waals surface area contributed by atoms with E-state index < -0.39 is 5.91 Å². The van der Waals surface area contributed by atoms with Crippen molar-refractivity contribution < 1.29 is 4.79 Å². The molecule has 0 unspecified atom stereocenters. The standard InChI is InChI=1S/C9H9N3O/c1-7-5-6-11-9(12-7)4-2-3-8(10)13/h5-6H,3H2,1H3,(H2,10,13). The molecule has 66 valence electrons. The lowest BCUT2D eigenvalue weighted by molar-refractivity contribution is -0.117. The zero-order valence-electron chi connectivity index (χ0n) is 7.24. The van der Waals surface area contributed by atoms with Crippen molar-refractivity contribution in [2.24, 2.45) is 5.73 Å². The zero-order chi connectivity index (χ0) is 9.68. The van der Waals surface area contributed by atoms with Gasteiger partial charge in [0.05, 0.1) is 6.42 Å². The molecule has 0 aliphatic rings. The Hall–Kier alpha value is -1.89. The fraction of sp³-hybridized carbons (Fsp3) is 0.222. The first-order valence-electron chi connectivity index (χ1n) is 3.75. The lowest BCUT2D eigenvalue weighted by Gasteiger charge is -1.89. The zero-order valence-corrected chi connectivity index (χ0v) is 7.24. The third-order valence-corrected chi connectivity index (χ3v) is 1.26. The molecule has 0 saturated carbocycles. The number of nitrogens with zero attached hydrogens (tertiary/aromatic N) is 2. The summed E-state index contributed by atoms with van der Waals surface area (Å²) in [5.74, 6) is 5.20. The van der Waals surface area contributed by atoms with Crippen LogP contribution in [-0.2, 0) is 4.79 Å². The Morgan fingerprint density at radius 3 is 3.08 bits per heavy atom. The van der Waals surface area contributed by atoms with Crippen LogP contribution in [0.2, 0.25) is 0 Å². The van der Waals surface area contributed by atoms with Crippen LogP contribution in [0, 0.1) is 18.8 Å². The molecular formula is C9H9N3O. The van der Waals surface area contributed by atoms with Gasteiger partial charge in [0.1, 0.15) is 0 Å². The fourth-order valence-corrected chi connectivity index (χ4v) is 0.720. The van der Waals surface area contributed by atoms with Crippen LogP contribution in [0.5, 0.6) is 0 Å². The molecule has 0 saturated heterocycles. The number of hydrogen-bond donors (Lipinski definition) is 1. The van der Waals surface area contributed by atoms with E-state index in [1.807, 2.05) is 6.92 Å². The van der Waals surface area contributed by atoms with Gasteiger partial charge in [-0.3, -0.25) is 4.79 Å². The van der Waals surface area contributed by atoms with Gasteiger partial charge in [0, 0.05) is 11.9 Å². The van der Waals surface area contributed by atoms with Crippen LogP contribution in [0.3, 0.4) is 0 Å². The van der Waals surface area contributed by atoms with Crippen LogP contribution in [0.4, 0.5) is 0 Å². The van der Waals surface area contributed by atoms with E-state index >= 15 is 0 Å².